The normalized spacial score (nSPS) is 28.2. The fourth-order valence-corrected chi connectivity index (χ4v) is 5.92. The molecule has 0 unspecified atom stereocenters. The SMILES string of the molecule is C[C@H]1CN(Cc2ccccc2)[C@@H]2CCCC[C@H]2N(Cc2ccccc2)C[C@H](C)OCCOCCOCCO1. The van der Waals surface area contributed by atoms with E-state index in [0.717, 1.165) is 26.2 Å². The van der Waals surface area contributed by atoms with Crippen LogP contribution < -0.4 is 0 Å². The molecule has 4 rings (SSSR count). The molecular weight excluding hydrogens is 476 g/mol. The van der Waals surface area contributed by atoms with E-state index in [2.05, 4.69) is 84.3 Å². The van der Waals surface area contributed by atoms with Gasteiger partial charge in [0.1, 0.15) is 0 Å². The lowest BCUT2D eigenvalue weighted by molar-refractivity contribution is -0.0554. The number of benzene rings is 2. The van der Waals surface area contributed by atoms with Gasteiger partial charge < -0.3 is 18.9 Å². The van der Waals surface area contributed by atoms with E-state index in [1.807, 2.05) is 0 Å². The molecule has 0 radical (unpaired) electrons. The van der Waals surface area contributed by atoms with Crippen molar-refractivity contribution in [2.45, 2.75) is 76.9 Å². The van der Waals surface area contributed by atoms with Gasteiger partial charge in [-0.05, 0) is 37.8 Å². The molecule has 1 heterocycles. The summed E-state index contributed by atoms with van der Waals surface area (Å²) in [5.74, 6) is 0. The molecule has 1 aliphatic heterocycles. The minimum atomic E-state index is 0.129. The van der Waals surface area contributed by atoms with Crippen molar-refractivity contribution in [3.8, 4) is 0 Å². The third-order valence-corrected chi connectivity index (χ3v) is 7.70. The van der Waals surface area contributed by atoms with Crippen LogP contribution in [0.1, 0.15) is 50.7 Å². The van der Waals surface area contributed by atoms with Crippen LogP contribution in [-0.4, -0.2) is 86.8 Å². The van der Waals surface area contributed by atoms with E-state index in [-0.39, 0.29) is 12.2 Å². The van der Waals surface area contributed by atoms with E-state index in [1.54, 1.807) is 0 Å². The fraction of sp³-hybridized carbons (Fsp3) is 0.625. The van der Waals surface area contributed by atoms with Crippen molar-refractivity contribution in [2.75, 3.05) is 52.7 Å². The Morgan fingerprint density at radius 1 is 0.579 bits per heavy atom. The molecule has 2 aromatic carbocycles. The summed E-state index contributed by atoms with van der Waals surface area (Å²) in [6.45, 7) is 11.7. The minimum Gasteiger partial charge on any atom is -0.377 e. The van der Waals surface area contributed by atoms with Crippen LogP contribution >= 0.6 is 0 Å². The van der Waals surface area contributed by atoms with Crippen LogP contribution in [0.15, 0.2) is 60.7 Å². The van der Waals surface area contributed by atoms with Gasteiger partial charge in [-0.3, -0.25) is 9.80 Å². The summed E-state index contributed by atoms with van der Waals surface area (Å²) >= 11 is 0. The van der Waals surface area contributed by atoms with E-state index in [4.69, 9.17) is 18.9 Å². The van der Waals surface area contributed by atoms with Gasteiger partial charge in [-0.1, -0.05) is 73.5 Å². The molecule has 1 aliphatic carbocycles. The third kappa shape index (κ3) is 9.74. The molecule has 0 N–H and O–H groups in total. The minimum absolute atomic E-state index is 0.129. The zero-order valence-corrected chi connectivity index (χ0v) is 23.5. The second-order valence-electron chi connectivity index (χ2n) is 10.8. The maximum absolute atomic E-state index is 6.23. The van der Waals surface area contributed by atoms with Gasteiger partial charge in [0.2, 0.25) is 0 Å². The maximum Gasteiger partial charge on any atom is 0.0704 e. The van der Waals surface area contributed by atoms with Crippen molar-refractivity contribution >= 4 is 0 Å². The van der Waals surface area contributed by atoms with Crippen LogP contribution in [-0.2, 0) is 32.0 Å². The second kappa shape index (κ2) is 16.3. The first-order valence-electron chi connectivity index (χ1n) is 14.6. The highest BCUT2D eigenvalue weighted by Gasteiger charge is 2.35. The van der Waals surface area contributed by atoms with Gasteiger partial charge in [0.15, 0.2) is 0 Å². The number of fused-ring (bicyclic) bond motifs is 1. The van der Waals surface area contributed by atoms with Gasteiger partial charge in [0.25, 0.3) is 0 Å². The van der Waals surface area contributed by atoms with E-state index in [1.165, 1.54) is 36.8 Å². The Morgan fingerprint density at radius 3 is 1.39 bits per heavy atom. The molecule has 2 aliphatic rings. The Hall–Kier alpha value is -1.80. The molecule has 1 saturated carbocycles. The number of rotatable bonds is 4. The number of hydrogen-bond donors (Lipinski definition) is 0. The lowest BCUT2D eigenvalue weighted by Gasteiger charge is -2.46. The van der Waals surface area contributed by atoms with E-state index < -0.39 is 0 Å². The summed E-state index contributed by atoms with van der Waals surface area (Å²) in [4.78, 5) is 5.40. The van der Waals surface area contributed by atoms with Gasteiger partial charge >= 0.3 is 0 Å². The van der Waals surface area contributed by atoms with E-state index in [0.29, 0.717) is 51.7 Å². The lowest BCUT2D eigenvalue weighted by atomic mass is 9.87. The largest absolute Gasteiger partial charge is 0.377 e. The maximum atomic E-state index is 6.23. The highest BCUT2D eigenvalue weighted by molar-refractivity contribution is 5.16. The summed E-state index contributed by atoms with van der Waals surface area (Å²) in [5.41, 5.74) is 2.72. The monoisotopic (exact) mass is 524 g/mol. The van der Waals surface area contributed by atoms with Crippen LogP contribution in [0.3, 0.4) is 0 Å². The van der Waals surface area contributed by atoms with Crippen LogP contribution in [0.5, 0.6) is 0 Å². The van der Waals surface area contributed by atoms with Gasteiger partial charge in [-0.15, -0.1) is 0 Å². The van der Waals surface area contributed by atoms with Crippen molar-refractivity contribution in [1.29, 1.82) is 0 Å². The Kier molecular flexibility index (Phi) is 12.5. The fourth-order valence-electron chi connectivity index (χ4n) is 5.92. The molecule has 38 heavy (non-hydrogen) atoms. The smallest absolute Gasteiger partial charge is 0.0704 e. The van der Waals surface area contributed by atoms with Crippen molar-refractivity contribution < 1.29 is 18.9 Å². The molecule has 0 spiro atoms. The molecule has 6 heteroatoms. The molecule has 0 aromatic heterocycles. The summed E-state index contributed by atoms with van der Waals surface area (Å²) in [6.07, 6.45) is 5.23. The first-order valence-corrected chi connectivity index (χ1v) is 14.6. The van der Waals surface area contributed by atoms with Crippen LogP contribution in [0.4, 0.5) is 0 Å². The summed E-state index contributed by atoms with van der Waals surface area (Å²) in [6, 6.07) is 22.7. The number of ether oxygens (including phenoxy) is 4. The standard InChI is InChI=1S/C32H48N2O4/c1-27-23-33(25-29-11-5-3-6-12-29)31-15-9-10-16-32(31)34(26-30-13-7-4-8-14-30)24-28(2)38-22-20-36-18-17-35-19-21-37-27/h3-8,11-14,27-28,31-32H,9-10,15-26H2,1-2H3/t27-,28-,31+,32+/m0/s1. The Morgan fingerprint density at radius 2 is 0.974 bits per heavy atom. The Balaban J connectivity index is 1.58. The molecule has 2 fully saturated rings. The van der Waals surface area contributed by atoms with Crippen LogP contribution in [0.2, 0.25) is 0 Å². The molecule has 210 valence electrons. The second-order valence-corrected chi connectivity index (χ2v) is 10.8. The Labute approximate surface area is 230 Å². The number of hydrogen-bond acceptors (Lipinski definition) is 6. The molecule has 2 aromatic rings. The molecule has 0 bridgehead atoms. The molecule has 6 nitrogen and oxygen atoms in total. The average Bonchev–Trinajstić information content (AvgIpc) is 2.94. The van der Waals surface area contributed by atoms with Crippen LogP contribution in [0.25, 0.3) is 0 Å². The molecular formula is C32H48N2O4. The first-order chi connectivity index (χ1) is 18.7. The predicted molar refractivity (Wildman–Crippen MR) is 152 cm³/mol. The summed E-state index contributed by atoms with van der Waals surface area (Å²) < 4.78 is 23.9. The Bertz CT molecular complexity index is 810. The van der Waals surface area contributed by atoms with E-state index >= 15 is 0 Å². The van der Waals surface area contributed by atoms with Gasteiger partial charge in [0, 0.05) is 38.3 Å². The first kappa shape index (κ1) is 29.2. The average molecular weight is 525 g/mol. The van der Waals surface area contributed by atoms with Gasteiger partial charge in [0.05, 0.1) is 51.8 Å². The van der Waals surface area contributed by atoms with Crippen LogP contribution in [0, 0.1) is 0 Å². The van der Waals surface area contributed by atoms with Crippen molar-refractivity contribution in [2.24, 2.45) is 0 Å². The molecule has 1 saturated heterocycles. The quantitative estimate of drug-likeness (QED) is 0.551. The van der Waals surface area contributed by atoms with Crippen molar-refractivity contribution in [3.63, 3.8) is 0 Å². The lowest BCUT2D eigenvalue weighted by Crippen LogP contribution is -2.55. The zero-order chi connectivity index (χ0) is 26.4. The van der Waals surface area contributed by atoms with Gasteiger partial charge in [-0.2, -0.15) is 0 Å². The van der Waals surface area contributed by atoms with Crippen molar-refractivity contribution in [1.82, 2.24) is 9.80 Å². The highest BCUT2D eigenvalue weighted by atomic mass is 16.6. The molecule has 4 atom stereocenters. The topological polar surface area (TPSA) is 43.4 Å². The molecule has 0 amide bonds. The van der Waals surface area contributed by atoms with Gasteiger partial charge in [-0.25, -0.2) is 0 Å². The predicted octanol–water partition coefficient (Wildman–Crippen LogP) is 5.16. The van der Waals surface area contributed by atoms with E-state index in [9.17, 15) is 0 Å². The third-order valence-electron chi connectivity index (χ3n) is 7.70. The zero-order valence-electron chi connectivity index (χ0n) is 23.5. The highest BCUT2D eigenvalue weighted by Crippen LogP contribution is 2.30. The number of nitrogens with zero attached hydrogens (tertiary/aromatic N) is 2. The van der Waals surface area contributed by atoms with Crippen molar-refractivity contribution in [3.05, 3.63) is 71.8 Å². The summed E-state index contributed by atoms with van der Waals surface area (Å²) in [7, 11) is 0. The summed E-state index contributed by atoms with van der Waals surface area (Å²) in [5, 5.41) is 0.